The summed E-state index contributed by atoms with van der Waals surface area (Å²) in [5.41, 5.74) is 0.0991. The summed E-state index contributed by atoms with van der Waals surface area (Å²) in [6, 6.07) is 0. The Morgan fingerprint density at radius 1 is 0.833 bits per heavy atom. The van der Waals surface area contributed by atoms with Crippen LogP contribution in [0, 0.1) is 70.0 Å². The molecule has 0 radical (unpaired) electrons. The van der Waals surface area contributed by atoms with Crippen LogP contribution in [-0.4, -0.2) is 110 Å². The van der Waals surface area contributed by atoms with Crippen molar-refractivity contribution in [3.63, 3.8) is 0 Å². The number of ether oxygens (including phenoxy) is 6. The van der Waals surface area contributed by atoms with E-state index >= 15 is 0 Å². The van der Waals surface area contributed by atoms with Crippen molar-refractivity contribution in [2.45, 2.75) is 277 Å². The molecule has 3 saturated carbocycles. The number of ketones is 2. The number of carboxylic acids is 1. The number of carboxylic acid groups (broad SMARTS) is 1. The van der Waals surface area contributed by atoms with Crippen molar-refractivity contribution in [3.8, 4) is 0 Å². The Hall–Kier alpha value is -1.56. The van der Waals surface area contributed by atoms with Gasteiger partial charge in [-0.3, -0.25) is 14.4 Å². The largest absolute Gasteiger partial charge is 1.00 e. The molecule has 24 unspecified atom stereocenters. The van der Waals surface area contributed by atoms with Gasteiger partial charge in [-0.1, -0.05) is 80.9 Å². The maximum Gasteiger partial charge on any atom is 1.00 e. The minimum atomic E-state index is -1.37. The number of hydrogen-bond donors (Lipinski definition) is 3. The fourth-order valence-corrected chi connectivity index (χ4v) is 17.2. The molecule has 9 rings (SSSR count). The number of carbonyl (C=O) groups is 4. The molecular weight excluding hydrogens is 1000 g/mol. The van der Waals surface area contributed by atoms with Crippen molar-refractivity contribution < 1.29 is 97.6 Å². The molecule has 0 bridgehead atoms. The normalized spacial score (nSPS) is 45.9. The van der Waals surface area contributed by atoms with Crippen molar-refractivity contribution in [1.29, 1.82) is 0 Å². The van der Waals surface area contributed by atoms with Gasteiger partial charge in [-0.25, -0.2) is 0 Å². The van der Waals surface area contributed by atoms with Gasteiger partial charge in [0.15, 0.2) is 5.79 Å². The van der Waals surface area contributed by atoms with Gasteiger partial charge in [0.05, 0.1) is 47.8 Å². The van der Waals surface area contributed by atoms with Crippen LogP contribution in [0.1, 0.15) is 206 Å². The summed E-state index contributed by atoms with van der Waals surface area (Å²) < 4.78 is 38.9. The summed E-state index contributed by atoms with van der Waals surface area (Å²) in [6.07, 6.45) is 16.0. The van der Waals surface area contributed by atoms with E-state index in [1.165, 1.54) is 18.9 Å². The molecule has 78 heavy (non-hydrogen) atoms. The van der Waals surface area contributed by atoms with Gasteiger partial charge in [-0.15, -0.1) is 0 Å². The van der Waals surface area contributed by atoms with E-state index in [4.69, 9.17) is 28.4 Å². The van der Waals surface area contributed by atoms with Crippen LogP contribution in [0.2, 0.25) is 0 Å². The molecule has 24 atom stereocenters. The Labute approximate surface area is 489 Å². The van der Waals surface area contributed by atoms with Crippen LogP contribution in [-0.2, 0) is 47.6 Å². The molecular formula is C63H99NaO14. The third kappa shape index (κ3) is 11.8. The zero-order chi connectivity index (χ0) is 56.4. The maximum atomic E-state index is 14.4. The molecule has 0 aromatic rings. The van der Waals surface area contributed by atoms with Gasteiger partial charge in [0.1, 0.15) is 23.8 Å². The number of esters is 1. The predicted molar refractivity (Wildman–Crippen MR) is 288 cm³/mol. The van der Waals surface area contributed by atoms with Crippen LogP contribution in [0.3, 0.4) is 0 Å². The van der Waals surface area contributed by atoms with Crippen molar-refractivity contribution in [2.24, 2.45) is 70.0 Å². The Kier molecular flexibility index (Phi) is 20.2. The van der Waals surface area contributed by atoms with Gasteiger partial charge in [-0.2, -0.15) is 0 Å². The molecule has 9 aliphatic rings. The third-order valence-corrected chi connectivity index (χ3v) is 22.5. The first-order chi connectivity index (χ1) is 36.1. The van der Waals surface area contributed by atoms with E-state index in [1.54, 1.807) is 19.1 Å². The van der Waals surface area contributed by atoms with Crippen LogP contribution in [0.15, 0.2) is 23.8 Å². The summed E-state index contributed by atoms with van der Waals surface area (Å²) in [5.74, 6) is -3.90. The number of rotatable bonds is 13. The zero-order valence-electron chi connectivity index (χ0n) is 50.2. The molecule has 0 amide bonds. The second-order valence-corrected chi connectivity index (χ2v) is 27.0. The van der Waals surface area contributed by atoms with Gasteiger partial charge >= 0.3 is 35.5 Å². The van der Waals surface area contributed by atoms with E-state index in [0.29, 0.717) is 81.3 Å². The first-order valence-corrected chi connectivity index (χ1v) is 30.5. The van der Waals surface area contributed by atoms with Gasteiger partial charge in [0, 0.05) is 67.2 Å². The Balaban J connectivity index is 0.000000292. The second-order valence-electron chi connectivity index (χ2n) is 27.0. The molecule has 15 heteroatoms. The molecule has 5 heterocycles. The summed E-state index contributed by atoms with van der Waals surface area (Å²) in [7, 11) is 0. The SMILES string of the molecule is CC(=O)OC1CCC2(C)C(=CCC3C4CCC(=O)C4(C)CCC32)C1.CCC(C(=O)[O-])C1CCC(C)C(C(C)C(O)C(C)C(=O)C(CC)C2OC3(C=CC(O)C4(CCC(C)(C5CCC(O)(CC)C(C)O5)O4)O3)C(C)CC2C)O1.[Na+]. The molecule has 4 aliphatic carbocycles. The van der Waals surface area contributed by atoms with E-state index in [1.807, 2.05) is 41.5 Å². The molecule has 0 aromatic carbocycles. The Bertz CT molecular complexity index is 2220. The van der Waals surface area contributed by atoms with Gasteiger partial charge in [0.2, 0.25) is 5.79 Å². The quantitative estimate of drug-likeness (QED) is 0.105. The first-order valence-electron chi connectivity index (χ1n) is 30.5. The van der Waals surface area contributed by atoms with Crippen LogP contribution in [0.5, 0.6) is 0 Å². The number of aliphatic carboxylic acids is 1. The molecule has 4 saturated heterocycles. The predicted octanol–water partition coefficient (Wildman–Crippen LogP) is 6.31. The van der Waals surface area contributed by atoms with Crippen molar-refractivity contribution in [2.75, 3.05) is 0 Å². The number of hydrogen-bond acceptors (Lipinski definition) is 14. The second kappa shape index (κ2) is 24.6. The fraction of sp³-hybridized carbons (Fsp3) is 0.873. The van der Waals surface area contributed by atoms with Crippen molar-refractivity contribution >= 4 is 23.5 Å². The topological polar surface area (TPSA) is 207 Å². The summed E-state index contributed by atoms with van der Waals surface area (Å²) in [4.78, 5) is 50.0. The molecule has 7 fully saturated rings. The van der Waals surface area contributed by atoms with E-state index in [2.05, 4.69) is 40.7 Å². The van der Waals surface area contributed by atoms with Crippen LogP contribution >= 0.6 is 0 Å². The van der Waals surface area contributed by atoms with Gasteiger partial charge < -0.3 is 53.6 Å². The monoisotopic (exact) mass is 1100 g/mol. The maximum absolute atomic E-state index is 14.4. The number of Topliss-reactive ketones (excluding diaryl/α,β-unsaturated/α-hetero) is 2. The first kappa shape index (κ1) is 64.0. The average molecular weight is 1100 g/mol. The van der Waals surface area contributed by atoms with Crippen LogP contribution in [0.25, 0.3) is 0 Å². The average Bonchev–Trinajstić information content (AvgIpc) is 4.00. The van der Waals surface area contributed by atoms with Gasteiger partial charge in [-0.05, 0) is 157 Å². The van der Waals surface area contributed by atoms with E-state index in [0.717, 1.165) is 51.4 Å². The summed E-state index contributed by atoms with van der Waals surface area (Å²) >= 11 is 0. The number of allylic oxidation sites excluding steroid dienone is 1. The molecule has 3 N–H and O–H groups in total. The van der Waals surface area contributed by atoms with E-state index in [9.17, 15) is 39.6 Å². The fourth-order valence-electron chi connectivity index (χ4n) is 17.2. The smallest absolute Gasteiger partial charge is 0.550 e. The number of carbonyl (C=O) groups excluding carboxylic acids is 4. The van der Waals surface area contributed by atoms with Crippen molar-refractivity contribution in [1.82, 2.24) is 0 Å². The number of aliphatic hydroxyl groups is 3. The summed E-state index contributed by atoms with van der Waals surface area (Å²) in [6.45, 7) is 25.7. The molecule has 0 aromatic heterocycles. The zero-order valence-corrected chi connectivity index (χ0v) is 52.2. The molecule has 2 spiro atoms. The van der Waals surface area contributed by atoms with Crippen LogP contribution < -0.4 is 34.7 Å². The van der Waals surface area contributed by atoms with Gasteiger partial charge in [0.25, 0.3) is 0 Å². The van der Waals surface area contributed by atoms with Crippen molar-refractivity contribution in [3.05, 3.63) is 23.8 Å². The minimum Gasteiger partial charge on any atom is -0.550 e. The minimum absolute atomic E-state index is 0. The van der Waals surface area contributed by atoms with E-state index in [-0.39, 0.29) is 88.2 Å². The number of fused-ring (bicyclic) bond motifs is 5. The Morgan fingerprint density at radius 3 is 2.15 bits per heavy atom. The Morgan fingerprint density at radius 2 is 1.51 bits per heavy atom. The number of aliphatic hydroxyl groups excluding tert-OH is 2. The summed E-state index contributed by atoms with van der Waals surface area (Å²) in [5, 5.41) is 46.0. The van der Waals surface area contributed by atoms with Crippen LogP contribution in [0.4, 0.5) is 0 Å². The molecule has 5 aliphatic heterocycles. The van der Waals surface area contributed by atoms with E-state index < -0.39 is 82.9 Å². The third-order valence-electron chi connectivity index (χ3n) is 22.5. The standard InChI is InChI=1S/C42H70O11.C21H30O3.Na/c1-11-29(38(46)47)31-15-14-23(4)36(50-31)27(8)34(44)26(7)35(45)30(12-2)37-24(5)22-25(6)41(51-37)19-16-32(43)42(53-41)21-20-39(10,52-42)33-17-18-40(48,13-3)28(9)49-33;1-13(22)24-15-8-10-20(2)14(12-15)4-5-16-17-6-7-19(23)21(17,3)11-9-18(16)20;/h16,19,23-34,36-37,43-44,48H,11-15,17-18,20-22H2,1-10H3,(H,46,47);4,15-18H,5-12H2,1-3H3;/q;;+1/p-1. The molecule has 436 valence electrons. The molecule has 14 nitrogen and oxygen atoms in total.